The first-order valence-electron chi connectivity index (χ1n) is 5.66. The predicted octanol–water partition coefficient (Wildman–Crippen LogP) is 0.354. The number of esters is 1. The zero-order valence-corrected chi connectivity index (χ0v) is 11.3. The van der Waals surface area contributed by atoms with Crippen LogP contribution >= 0.6 is 0 Å². The van der Waals surface area contributed by atoms with Crippen molar-refractivity contribution in [2.45, 2.75) is 24.7 Å². The molecule has 0 aliphatic heterocycles. The molecule has 1 rings (SSSR count). The van der Waals surface area contributed by atoms with Crippen LogP contribution in [-0.2, 0) is 21.3 Å². The number of benzene rings is 1. The molecule has 0 fully saturated rings. The Kier molecular flexibility index (Phi) is 8.57. The summed E-state index contributed by atoms with van der Waals surface area (Å²) in [5.41, 5.74) is -0.416. The van der Waals surface area contributed by atoms with Gasteiger partial charge in [0.25, 0.3) is 10.1 Å². The average molecular weight is 312 g/mol. The molecule has 1 unspecified atom stereocenters. The molecule has 20 heavy (non-hydrogen) atoms. The summed E-state index contributed by atoms with van der Waals surface area (Å²) in [4.78, 5) is 11.2. The van der Waals surface area contributed by atoms with E-state index < -0.39 is 21.5 Å². The first-order valence-corrected chi connectivity index (χ1v) is 7.16. The number of aliphatic hydroxyl groups is 1. The molecular weight excluding hydrogens is 295 g/mol. The summed E-state index contributed by atoms with van der Waals surface area (Å²) >= 11 is 0. The molecule has 0 aliphatic rings. The van der Waals surface area contributed by atoms with E-state index in [4.69, 9.17) is 9.66 Å². The van der Waals surface area contributed by atoms with Crippen molar-refractivity contribution in [2.24, 2.45) is 0 Å². The van der Waals surface area contributed by atoms with Crippen LogP contribution in [0.2, 0.25) is 0 Å². The van der Waals surface area contributed by atoms with Gasteiger partial charge in [-0.25, -0.2) is 4.79 Å². The van der Waals surface area contributed by atoms with Crippen molar-refractivity contribution in [1.29, 1.82) is 0 Å². The molecule has 0 spiro atoms. The molecule has 0 amide bonds. The Bertz CT molecular complexity index is 525. The van der Waals surface area contributed by atoms with Crippen LogP contribution in [0, 0.1) is 0 Å². The molecule has 1 aromatic rings. The molecule has 0 aromatic heterocycles. The molecule has 0 heterocycles. The number of aryl methyl sites for hydroxylation is 1. The summed E-state index contributed by atoms with van der Waals surface area (Å²) in [6.45, 7) is 0. The number of ether oxygens (including phenoxy) is 1. The molecule has 1 atom stereocenters. The molecule has 108 valence electrons. The van der Waals surface area contributed by atoms with E-state index in [1.54, 1.807) is 24.3 Å². The summed E-state index contributed by atoms with van der Waals surface area (Å²) in [5, 5.41) is 9.11. The minimum atomic E-state index is -4.38. The Hall–Kier alpha value is -0.440. The quantitative estimate of drug-likeness (QED) is 0.447. The first-order chi connectivity index (χ1) is 8.84. The number of hydrogen-bond acceptors (Lipinski definition) is 5. The third-order valence-corrected chi connectivity index (χ3v) is 3.56. The summed E-state index contributed by atoms with van der Waals surface area (Å²) in [6, 6.07) is 6.68. The van der Waals surface area contributed by atoms with Gasteiger partial charge in [-0.15, -0.1) is 0 Å². The van der Waals surface area contributed by atoms with Gasteiger partial charge in [-0.2, -0.15) is 8.42 Å². The Morgan fingerprint density at radius 1 is 1.30 bits per heavy atom. The van der Waals surface area contributed by atoms with Crippen molar-refractivity contribution < 1.29 is 27.6 Å². The number of aliphatic hydroxyl groups excluding tert-OH is 1. The number of carbonyl (C=O) groups excluding carboxylic acids is 1. The van der Waals surface area contributed by atoms with Gasteiger partial charge in [-0.1, -0.05) is 12.1 Å². The second kappa shape index (κ2) is 8.76. The molecule has 2 N–H and O–H groups in total. The van der Waals surface area contributed by atoms with E-state index >= 15 is 0 Å². The van der Waals surface area contributed by atoms with Crippen LogP contribution in [0.5, 0.6) is 0 Å². The second-order valence-electron chi connectivity index (χ2n) is 4.05. The topological polar surface area (TPSA) is 101 Å². The molecule has 1 aromatic carbocycles. The normalized spacial score (nSPS) is 12.3. The van der Waals surface area contributed by atoms with Gasteiger partial charge in [0, 0.05) is 0 Å². The fourth-order valence-electron chi connectivity index (χ4n) is 1.56. The number of hydrogen-bond donors (Lipinski definition) is 2. The minimum absolute atomic E-state index is 0. The van der Waals surface area contributed by atoms with E-state index in [1.165, 1.54) is 7.11 Å². The van der Waals surface area contributed by atoms with Crippen molar-refractivity contribution in [3.63, 3.8) is 0 Å². The van der Waals surface area contributed by atoms with Crippen molar-refractivity contribution >= 4 is 45.6 Å². The van der Waals surface area contributed by atoms with E-state index in [1.807, 2.05) is 0 Å². The molecule has 6 nitrogen and oxygen atoms in total. The fraction of sp³-hybridized carbons (Fsp3) is 0.417. The number of rotatable bonds is 6. The Morgan fingerprint density at radius 3 is 2.30 bits per heavy atom. The van der Waals surface area contributed by atoms with E-state index in [-0.39, 0.29) is 36.0 Å². The number of methoxy groups -OCH3 is 1. The van der Waals surface area contributed by atoms with Crippen LogP contribution in [0.4, 0.5) is 0 Å². The van der Waals surface area contributed by atoms with E-state index in [0.717, 1.165) is 5.56 Å². The zero-order chi connectivity index (χ0) is 14.5. The van der Waals surface area contributed by atoms with Crippen LogP contribution in [0.1, 0.15) is 28.8 Å². The standard InChI is InChI=1S/C12H16O6S.Na.H/c1-18-12(14)10-7-5-9(6-8-10)3-2-4-11(13)19(15,16)17;;/h5-8,11,13H,2-4H2,1H3,(H,15,16,17);;. The van der Waals surface area contributed by atoms with Gasteiger partial charge in [0.1, 0.15) is 0 Å². The molecule has 0 saturated carbocycles. The van der Waals surface area contributed by atoms with E-state index in [2.05, 4.69) is 4.74 Å². The van der Waals surface area contributed by atoms with Crippen LogP contribution in [-0.4, -0.2) is 66.1 Å². The SMILES string of the molecule is COC(=O)c1ccc(CCCC(O)S(=O)(=O)O)cc1.[NaH]. The maximum absolute atomic E-state index is 11.2. The van der Waals surface area contributed by atoms with Gasteiger partial charge < -0.3 is 9.84 Å². The maximum atomic E-state index is 11.2. The Balaban J connectivity index is 0.00000361. The van der Waals surface area contributed by atoms with E-state index in [0.29, 0.717) is 18.4 Å². The van der Waals surface area contributed by atoms with Gasteiger partial charge in [-0.05, 0) is 37.0 Å². The van der Waals surface area contributed by atoms with Gasteiger partial charge >= 0.3 is 35.5 Å². The molecule has 0 saturated heterocycles. The Labute approximate surface area is 140 Å². The summed E-state index contributed by atoms with van der Waals surface area (Å²) in [7, 11) is -3.09. The monoisotopic (exact) mass is 312 g/mol. The Morgan fingerprint density at radius 2 is 1.85 bits per heavy atom. The van der Waals surface area contributed by atoms with Crippen LogP contribution < -0.4 is 0 Å². The number of carbonyl (C=O) groups is 1. The van der Waals surface area contributed by atoms with Gasteiger partial charge in [0.2, 0.25) is 0 Å². The van der Waals surface area contributed by atoms with Crippen molar-refractivity contribution in [1.82, 2.24) is 0 Å². The van der Waals surface area contributed by atoms with Crippen molar-refractivity contribution in [3.8, 4) is 0 Å². The third-order valence-electron chi connectivity index (χ3n) is 2.64. The predicted molar refractivity (Wildman–Crippen MR) is 75.4 cm³/mol. The van der Waals surface area contributed by atoms with Crippen molar-refractivity contribution in [2.75, 3.05) is 7.11 Å². The molecule has 0 bridgehead atoms. The van der Waals surface area contributed by atoms with Crippen LogP contribution in [0.15, 0.2) is 24.3 Å². The fourth-order valence-corrected chi connectivity index (χ4v) is 2.02. The van der Waals surface area contributed by atoms with E-state index in [9.17, 15) is 13.2 Å². The van der Waals surface area contributed by atoms with Gasteiger partial charge in [-0.3, -0.25) is 4.55 Å². The van der Waals surface area contributed by atoms with Gasteiger partial charge in [0.05, 0.1) is 12.7 Å². The van der Waals surface area contributed by atoms with Gasteiger partial charge in [0.15, 0.2) is 5.44 Å². The zero-order valence-electron chi connectivity index (χ0n) is 10.4. The summed E-state index contributed by atoms with van der Waals surface area (Å²) in [5.74, 6) is -0.423. The van der Waals surface area contributed by atoms with Crippen LogP contribution in [0.3, 0.4) is 0 Å². The first kappa shape index (κ1) is 19.6. The summed E-state index contributed by atoms with van der Waals surface area (Å²) < 4.78 is 34.3. The molecular formula is C12H17NaO6S. The molecule has 8 heteroatoms. The summed E-state index contributed by atoms with van der Waals surface area (Å²) in [6.07, 6.45) is 0.893. The molecule has 0 aliphatic carbocycles. The van der Waals surface area contributed by atoms with Crippen molar-refractivity contribution in [3.05, 3.63) is 35.4 Å². The third kappa shape index (κ3) is 6.34. The molecule has 0 radical (unpaired) electrons. The average Bonchev–Trinajstić information content (AvgIpc) is 2.37. The van der Waals surface area contributed by atoms with Crippen LogP contribution in [0.25, 0.3) is 0 Å². The second-order valence-corrected chi connectivity index (χ2v) is 5.62.